The minimum absolute atomic E-state index is 0.00245. The highest BCUT2D eigenvalue weighted by atomic mass is 32.2. The molecule has 2 rings (SSSR count). The number of hydrogen-bond donors (Lipinski definition) is 3. The van der Waals surface area contributed by atoms with Crippen LogP contribution in [0.25, 0.3) is 0 Å². The van der Waals surface area contributed by atoms with E-state index in [1.807, 2.05) is 0 Å². The molecular weight excluding hydrogens is 403 g/mol. The van der Waals surface area contributed by atoms with Crippen molar-refractivity contribution in [1.29, 1.82) is 0 Å². The monoisotopic (exact) mass is 430 g/mol. The minimum Gasteiger partial charge on any atom is -0.473 e. The summed E-state index contributed by atoms with van der Waals surface area (Å²) in [6.45, 7) is 3.42. The van der Waals surface area contributed by atoms with Gasteiger partial charge in [0.2, 0.25) is 21.8 Å². The summed E-state index contributed by atoms with van der Waals surface area (Å²) in [5, 5.41) is 12.3. The number of hydrogen-bond acceptors (Lipinski definition) is 7. The van der Waals surface area contributed by atoms with Crippen molar-refractivity contribution in [2.75, 3.05) is 32.8 Å². The molecule has 9 nitrogen and oxygen atoms in total. The van der Waals surface area contributed by atoms with Crippen LogP contribution in [0.3, 0.4) is 0 Å². The molecule has 162 valence electrons. The number of aliphatic hydroxyl groups is 1. The molecule has 4 N–H and O–H groups in total. The third-order valence-corrected chi connectivity index (χ3v) is 6.23. The van der Waals surface area contributed by atoms with Crippen molar-refractivity contribution in [2.24, 2.45) is 11.7 Å². The number of aromatic nitrogens is 1. The van der Waals surface area contributed by atoms with Crippen LogP contribution in [-0.2, 0) is 14.8 Å². The van der Waals surface area contributed by atoms with Crippen molar-refractivity contribution in [3.8, 4) is 5.88 Å². The van der Waals surface area contributed by atoms with Crippen LogP contribution in [0.2, 0.25) is 0 Å². The highest BCUT2D eigenvalue weighted by molar-refractivity contribution is 7.89. The van der Waals surface area contributed by atoms with Crippen LogP contribution in [0.15, 0.2) is 35.1 Å². The van der Waals surface area contributed by atoms with Crippen LogP contribution in [0.4, 0.5) is 4.39 Å². The summed E-state index contributed by atoms with van der Waals surface area (Å²) in [5.41, 5.74) is 4.54. The van der Waals surface area contributed by atoms with E-state index in [2.05, 4.69) is 10.3 Å². The number of nitrogens with two attached hydrogens (primary N) is 1. The van der Waals surface area contributed by atoms with Gasteiger partial charge in [-0.2, -0.15) is 4.31 Å². The molecule has 0 aromatic carbocycles. The van der Waals surface area contributed by atoms with E-state index in [1.165, 1.54) is 16.4 Å². The molecule has 1 atom stereocenters. The first kappa shape index (κ1) is 23.2. The molecule has 1 aliphatic heterocycles. The summed E-state index contributed by atoms with van der Waals surface area (Å²) in [6, 6.07) is 2.73. The maximum absolute atomic E-state index is 12.8. The molecule has 1 aromatic rings. The van der Waals surface area contributed by atoms with Gasteiger partial charge in [0.1, 0.15) is 11.5 Å². The predicted molar refractivity (Wildman–Crippen MR) is 104 cm³/mol. The molecule has 0 bridgehead atoms. The van der Waals surface area contributed by atoms with E-state index in [1.54, 1.807) is 13.8 Å². The van der Waals surface area contributed by atoms with Gasteiger partial charge in [0.25, 0.3) is 0 Å². The number of nitrogens with zero attached hydrogens (tertiary/aromatic N) is 2. The van der Waals surface area contributed by atoms with Crippen molar-refractivity contribution in [3.63, 3.8) is 0 Å². The summed E-state index contributed by atoms with van der Waals surface area (Å²) >= 11 is 0. The van der Waals surface area contributed by atoms with Gasteiger partial charge in [-0.3, -0.25) is 4.79 Å². The molecule has 0 saturated carbocycles. The van der Waals surface area contributed by atoms with Crippen LogP contribution in [0.5, 0.6) is 5.88 Å². The smallest absolute Gasteiger partial charge is 0.244 e. The zero-order valence-electron chi connectivity index (χ0n) is 16.5. The first-order valence-electron chi connectivity index (χ1n) is 9.14. The second-order valence-corrected chi connectivity index (χ2v) is 9.41. The van der Waals surface area contributed by atoms with Crippen LogP contribution in [0, 0.1) is 5.92 Å². The van der Waals surface area contributed by atoms with Crippen LogP contribution in [0.1, 0.15) is 20.3 Å². The van der Waals surface area contributed by atoms with E-state index in [0.717, 1.165) is 6.20 Å². The third-order valence-electron chi connectivity index (χ3n) is 4.39. The summed E-state index contributed by atoms with van der Waals surface area (Å²) in [6.07, 6.45) is 1.91. The second-order valence-electron chi connectivity index (χ2n) is 7.47. The Balaban J connectivity index is 1.98. The Labute approximate surface area is 169 Å². The number of pyridine rings is 1. The molecule has 1 aromatic heterocycles. The van der Waals surface area contributed by atoms with Gasteiger partial charge in [-0.25, -0.2) is 17.8 Å². The Bertz CT molecular complexity index is 837. The predicted octanol–water partition coefficient (Wildman–Crippen LogP) is 0.170. The fourth-order valence-electron chi connectivity index (χ4n) is 2.66. The van der Waals surface area contributed by atoms with Crippen molar-refractivity contribution in [3.05, 3.63) is 30.2 Å². The second kappa shape index (κ2) is 9.61. The lowest BCUT2D eigenvalue weighted by Crippen LogP contribution is -2.41. The van der Waals surface area contributed by atoms with Crippen LogP contribution in [-0.4, -0.2) is 67.1 Å². The van der Waals surface area contributed by atoms with Crippen molar-refractivity contribution < 1.29 is 27.4 Å². The number of carbonyl (C=O) groups excluding carboxylic acids is 1. The molecule has 2 heterocycles. The SMILES string of the molecule is CC(C)(O)CNC(=O)[C@H]1CCN(S(=O)(=O)c2ccc(OC/C(=C\F)CN)nc2)C1. The van der Waals surface area contributed by atoms with E-state index in [-0.39, 0.29) is 55.0 Å². The molecular formula is C18H27FN4O5S. The van der Waals surface area contributed by atoms with E-state index < -0.39 is 21.5 Å². The number of halogens is 1. The van der Waals surface area contributed by atoms with Crippen LogP contribution >= 0.6 is 0 Å². The van der Waals surface area contributed by atoms with Gasteiger partial charge in [-0.05, 0) is 26.3 Å². The highest BCUT2D eigenvalue weighted by Crippen LogP contribution is 2.25. The molecule has 1 saturated heterocycles. The summed E-state index contributed by atoms with van der Waals surface area (Å²) in [4.78, 5) is 16.1. The Morgan fingerprint density at radius 2 is 2.24 bits per heavy atom. The van der Waals surface area contributed by atoms with Gasteiger partial charge in [0.15, 0.2) is 0 Å². The molecule has 1 aliphatic rings. The number of amides is 1. The van der Waals surface area contributed by atoms with Crippen molar-refractivity contribution >= 4 is 15.9 Å². The maximum atomic E-state index is 12.8. The highest BCUT2D eigenvalue weighted by Gasteiger charge is 2.36. The summed E-state index contributed by atoms with van der Waals surface area (Å²) in [5.74, 6) is -0.629. The number of ether oxygens (including phenoxy) is 1. The van der Waals surface area contributed by atoms with Crippen molar-refractivity contribution in [2.45, 2.75) is 30.8 Å². The van der Waals surface area contributed by atoms with Gasteiger partial charge in [0.05, 0.1) is 24.0 Å². The van der Waals surface area contributed by atoms with Gasteiger partial charge in [-0.15, -0.1) is 0 Å². The Morgan fingerprint density at radius 3 is 2.79 bits per heavy atom. The van der Waals surface area contributed by atoms with E-state index >= 15 is 0 Å². The fraction of sp³-hybridized carbons (Fsp3) is 0.556. The number of sulfonamides is 1. The zero-order chi connectivity index (χ0) is 21.7. The van der Waals surface area contributed by atoms with Crippen molar-refractivity contribution in [1.82, 2.24) is 14.6 Å². The third kappa shape index (κ3) is 6.46. The molecule has 0 spiro atoms. The lowest BCUT2D eigenvalue weighted by molar-refractivity contribution is -0.125. The number of carbonyl (C=O) groups is 1. The molecule has 11 heteroatoms. The molecule has 0 radical (unpaired) electrons. The first-order valence-corrected chi connectivity index (χ1v) is 10.6. The number of nitrogens with one attached hydrogen (secondary N) is 1. The maximum Gasteiger partial charge on any atom is 0.244 e. The summed E-state index contributed by atoms with van der Waals surface area (Å²) < 4.78 is 44.6. The summed E-state index contributed by atoms with van der Waals surface area (Å²) in [7, 11) is -3.81. The average molecular weight is 431 g/mol. The Hall–Kier alpha value is -2.08. The van der Waals surface area contributed by atoms with E-state index in [0.29, 0.717) is 12.8 Å². The van der Waals surface area contributed by atoms with Crippen LogP contribution < -0.4 is 15.8 Å². The van der Waals surface area contributed by atoms with Gasteiger partial charge >= 0.3 is 0 Å². The minimum atomic E-state index is -3.81. The fourth-order valence-corrected chi connectivity index (χ4v) is 4.11. The normalized spacial score (nSPS) is 18.7. The van der Waals surface area contributed by atoms with E-state index in [4.69, 9.17) is 10.5 Å². The first-order chi connectivity index (χ1) is 13.6. The largest absolute Gasteiger partial charge is 0.473 e. The number of rotatable bonds is 9. The molecule has 0 aliphatic carbocycles. The average Bonchev–Trinajstić information content (AvgIpc) is 3.18. The lowest BCUT2D eigenvalue weighted by Gasteiger charge is -2.20. The topological polar surface area (TPSA) is 135 Å². The molecule has 29 heavy (non-hydrogen) atoms. The van der Waals surface area contributed by atoms with Gasteiger partial charge < -0.3 is 20.9 Å². The molecule has 0 unspecified atom stereocenters. The van der Waals surface area contributed by atoms with E-state index in [9.17, 15) is 22.7 Å². The Kier molecular flexibility index (Phi) is 7.69. The van der Waals surface area contributed by atoms with Gasteiger partial charge in [0, 0.05) is 37.8 Å². The quantitative estimate of drug-likeness (QED) is 0.508. The van der Waals surface area contributed by atoms with Gasteiger partial charge in [-0.1, -0.05) is 0 Å². The zero-order valence-corrected chi connectivity index (χ0v) is 17.3. The Morgan fingerprint density at radius 1 is 1.52 bits per heavy atom. The lowest BCUT2D eigenvalue weighted by atomic mass is 10.1. The standard InChI is InChI=1S/C18H27FN4O5S/c1-18(2,25)12-22-17(24)14-5-6-23(10-14)29(26,27)15-3-4-16(21-9-15)28-11-13(7-19)8-20/h3-4,7,9,14,25H,5-6,8,10-12,20H2,1-2H3,(H,22,24)/b13-7-/t14-/m0/s1. The molecule has 1 amide bonds. The molecule has 1 fully saturated rings.